The van der Waals surface area contributed by atoms with Crippen LogP contribution in [-0.2, 0) is 0 Å². The van der Waals surface area contributed by atoms with Crippen molar-refractivity contribution in [3.63, 3.8) is 0 Å². The second kappa shape index (κ2) is 8.57. The molecule has 2 heterocycles. The van der Waals surface area contributed by atoms with Gasteiger partial charge < -0.3 is 19.6 Å². The molecule has 156 valence electrons. The van der Waals surface area contributed by atoms with Gasteiger partial charge in [-0.05, 0) is 36.4 Å². The van der Waals surface area contributed by atoms with Gasteiger partial charge in [0.2, 0.25) is 5.82 Å². The maximum Gasteiger partial charge on any atom is 0.349 e. The first-order valence-corrected chi connectivity index (χ1v) is 9.20. The molecular formula is C21H15FN4O5. The molecule has 0 aliphatic heterocycles. The van der Waals surface area contributed by atoms with Gasteiger partial charge in [-0.25, -0.2) is 9.18 Å². The summed E-state index contributed by atoms with van der Waals surface area (Å²) in [5.74, 6) is -1.80. The molecule has 0 aliphatic carbocycles. The minimum absolute atomic E-state index is 0.0514. The Morgan fingerprint density at radius 1 is 0.968 bits per heavy atom. The topological polar surface area (TPSA) is 127 Å². The van der Waals surface area contributed by atoms with E-state index in [0.717, 1.165) is 0 Å². The monoisotopic (exact) mass is 422 g/mol. The van der Waals surface area contributed by atoms with E-state index in [2.05, 4.69) is 20.8 Å². The molecule has 4 aromatic rings. The summed E-state index contributed by atoms with van der Waals surface area (Å²) < 4.78 is 23.0. The zero-order valence-electron chi connectivity index (χ0n) is 15.9. The number of rotatable bonds is 6. The molecule has 10 heteroatoms. The normalized spacial score (nSPS) is 10.7. The van der Waals surface area contributed by atoms with E-state index in [-0.39, 0.29) is 30.4 Å². The summed E-state index contributed by atoms with van der Waals surface area (Å²) in [7, 11) is 0. The highest BCUT2D eigenvalue weighted by molar-refractivity contribution is 5.96. The first-order chi connectivity index (χ1) is 15.0. The number of nitrogens with one attached hydrogen (secondary N) is 2. The Hall–Kier alpha value is -4.34. The molecule has 4 rings (SSSR count). The van der Waals surface area contributed by atoms with E-state index in [9.17, 15) is 18.8 Å². The van der Waals surface area contributed by atoms with Crippen molar-refractivity contribution in [2.24, 2.45) is 0 Å². The molecule has 0 fully saturated rings. The first kappa shape index (κ1) is 20.0. The van der Waals surface area contributed by atoms with Gasteiger partial charge >= 0.3 is 17.4 Å². The highest BCUT2D eigenvalue weighted by atomic mass is 19.1. The van der Waals surface area contributed by atoms with E-state index >= 15 is 0 Å². The summed E-state index contributed by atoms with van der Waals surface area (Å²) in [6.45, 7) is 0.105. The van der Waals surface area contributed by atoms with Crippen LogP contribution in [0.3, 0.4) is 0 Å². The Morgan fingerprint density at radius 3 is 2.45 bits per heavy atom. The fraction of sp³-hybridized carbons (Fsp3) is 0.0952. The third-order valence-corrected chi connectivity index (χ3v) is 4.30. The average molecular weight is 422 g/mol. The van der Waals surface area contributed by atoms with E-state index in [4.69, 9.17) is 8.94 Å². The third-order valence-electron chi connectivity index (χ3n) is 4.30. The van der Waals surface area contributed by atoms with Crippen LogP contribution in [0, 0.1) is 5.82 Å². The minimum atomic E-state index is -0.751. The van der Waals surface area contributed by atoms with Crippen LogP contribution >= 0.6 is 0 Å². The first-order valence-electron chi connectivity index (χ1n) is 9.20. The van der Waals surface area contributed by atoms with Gasteiger partial charge in [0.05, 0.1) is 0 Å². The number of para-hydroxylation sites is 1. The fourth-order valence-corrected chi connectivity index (χ4v) is 2.78. The number of hydrogen-bond acceptors (Lipinski definition) is 7. The third kappa shape index (κ3) is 4.47. The summed E-state index contributed by atoms with van der Waals surface area (Å²) in [4.78, 5) is 40.3. The molecule has 0 radical (unpaired) electrons. The van der Waals surface area contributed by atoms with E-state index in [0.29, 0.717) is 16.5 Å². The molecule has 2 aromatic carbocycles. The summed E-state index contributed by atoms with van der Waals surface area (Å²) in [6, 6.07) is 13.7. The summed E-state index contributed by atoms with van der Waals surface area (Å²) in [5.41, 5.74) is -0.00755. The van der Waals surface area contributed by atoms with Crippen LogP contribution in [0.2, 0.25) is 0 Å². The predicted octanol–water partition coefficient (Wildman–Crippen LogP) is 2.14. The fourth-order valence-electron chi connectivity index (χ4n) is 2.78. The van der Waals surface area contributed by atoms with E-state index in [1.807, 2.05) is 0 Å². The standard InChI is InChI=1S/C21H15FN4O5/c22-14-7-5-12(6-8-14)17-25-20(31-26-17)19(28)24-10-9-23-18(27)15-11-13-3-1-2-4-16(13)30-21(15)29/h1-8,11H,9-10H2,(H,23,27)(H,24,28). The second-order valence-corrected chi connectivity index (χ2v) is 6.43. The van der Waals surface area contributed by atoms with Gasteiger partial charge in [-0.2, -0.15) is 4.98 Å². The number of hydrogen-bond donors (Lipinski definition) is 2. The summed E-state index contributed by atoms with van der Waals surface area (Å²) in [5, 5.41) is 9.35. The second-order valence-electron chi connectivity index (χ2n) is 6.43. The Labute approximate surface area is 173 Å². The smallest absolute Gasteiger partial charge is 0.349 e. The van der Waals surface area contributed by atoms with E-state index in [1.54, 1.807) is 24.3 Å². The molecule has 0 bridgehead atoms. The number of halogens is 1. The van der Waals surface area contributed by atoms with Gasteiger partial charge in [-0.1, -0.05) is 23.4 Å². The van der Waals surface area contributed by atoms with Gasteiger partial charge in [0.15, 0.2) is 0 Å². The highest BCUT2D eigenvalue weighted by Crippen LogP contribution is 2.16. The molecule has 2 amide bonds. The van der Waals surface area contributed by atoms with Gasteiger partial charge in [-0.15, -0.1) is 0 Å². The molecule has 0 saturated carbocycles. The Kier molecular flexibility index (Phi) is 5.52. The van der Waals surface area contributed by atoms with Crippen molar-refractivity contribution in [1.82, 2.24) is 20.8 Å². The number of fused-ring (bicyclic) bond motifs is 1. The number of carbonyl (C=O) groups is 2. The van der Waals surface area contributed by atoms with Crippen LogP contribution < -0.4 is 16.3 Å². The average Bonchev–Trinajstić information content (AvgIpc) is 3.27. The van der Waals surface area contributed by atoms with Gasteiger partial charge in [0, 0.05) is 24.0 Å². The van der Waals surface area contributed by atoms with Crippen molar-refractivity contribution >= 4 is 22.8 Å². The van der Waals surface area contributed by atoms with Crippen LogP contribution in [0.4, 0.5) is 4.39 Å². The van der Waals surface area contributed by atoms with E-state index < -0.39 is 23.3 Å². The van der Waals surface area contributed by atoms with Gasteiger partial charge in [0.1, 0.15) is 17.0 Å². The lowest BCUT2D eigenvalue weighted by atomic mass is 10.2. The molecule has 0 atom stereocenters. The maximum atomic E-state index is 13.0. The molecule has 2 aromatic heterocycles. The van der Waals surface area contributed by atoms with Crippen molar-refractivity contribution in [1.29, 1.82) is 0 Å². The Morgan fingerprint density at radius 2 is 1.68 bits per heavy atom. The number of aromatic nitrogens is 2. The zero-order chi connectivity index (χ0) is 21.8. The van der Waals surface area contributed by atoms with Crippen LogP contribution in [0.5, 0.6) is 0 Å². The highest BCUT2D eigenvalue weighted by Gasteiger charge is 2.17. The lowest BCUT2D eigenvalue weighted by Gasteiger charge is -2.05. The quantitative estimate of drug-likeness (QED) is 0.360. The van der Waals surface area contributed by atoms with Crippen molar-refractivity contribution < 1.29 is 22.9 Å². The largest absolute Gasteiger partial charge is 0.422 e. The lowest BCUT2D eigenvalue weighted by Crippen LogP contribution is -2.36. The number of nitrogens with zero attached hydrogens (tertiary/aromatic N) is 2. The molecule has 31 heavy (non-hydrogen) atoms. The van der Waals surface area contributed by atoms with Crippen molar-refractivity contribution in [3.05, 3.63) is 82.3 Å². The number of carbonyl (C=O) groups excluding carboxylic acids is 2. The number of amides is 2. The van der Waals surface area contributed by atoms with Crippen LogP contribution in [0.25, 0.3) is 22.4 Å². The molecule has 0 unspecified atom stereocenters. The SMILES string of the molecule is O=C(NCCNC(=O)c1cc2ccccc2oc1=O)c1nc(-c2ccc(F)cc2)no1. The van der Waals surface area contributed by atoms with Crippen LogP contribution in [0.15, 0.2) is 68.3 Å². The maximum absolute atomic E-state index is 13.0. The molecule has 0 spiro atoms. The molecule has 0 saturated heterocycles. The molecular weight excluding hydrogens is 407 g/mol. The minimum Gasteiger partial charge on any atom is -0.422 e. The zero-order valence-corrected chi connectivity index (χ0v) is 15.9. The number of benzene rings is 2. The van der Waals surface area contributed by atoms with Crippen molar-refractivity contribution in [2.75, 3.05) is 13.1 Å². The Bertz CT molecular complexity index is 1310. The van der Waals surface area contributed by atoms with Gasteiger partial charge in [-0.3, -0.25) is 9.59 Å². The van der Waals surface area contributed by atoms with Gasteiger partial charge in [0.25, 0.3) is 5.91 Å². The van der Waals surface area contributed by atoms with Crippen LogP contribution in [0.1, 0.15) is 21.0 Å². The van der Waals surface area contributed by atoms with E-state index in [1.165, 1.54) is 30.3 Å². The summed E-state index contributed by atoms with van der Waals surface area (Å²) >= 11 is 0. The Balaban J connectivity index is 1.31. The molecule has 9 nitrogen and oxygen atoms in total. The lowest BCUT2D eigenvalue weighted by molar-refractivity contribution is 0.0897. The summed E-state index contributed by atoms with van der Waals surface area (Å²) in [6.07, 6.45) is 0. The van der Waals surface area contributed by atoms with Crippen molar-refractivity contribution in [2.45, 2.75) is 0 Å². The van der Waals surface area contributed by atoms with Crippen molar-refractivity contribution in [3.8, 4) is 11.4 Å². The predicted molar refractivity (Wildman–Crippen MR) is 107 cm³/mol. The van der Waals surface area contributed by atoms with Crippen LogP contribution in [-0.4, -0.2) is 35.0 Å². The molecule has 0 aliphatic rings. The molecule has 2 N–H and O–H groups in total.